The van der Waals surface area contributed by atoms with Gasteiger partial charge in [0.1, 0.15) is 0 Å². The lowest BCUT2D eigenvalue weighted by Gasteiger charge is -2.12. The first-order valence-corrected chi connectivity index (χ1v) is 8.83. The Labute approximate surface area is 159 Å². The number of halogens is 3. The second-order valence-corrected chi connectivity index (χ2v) is 6.81. The maximum absolute atomic E-state index is 13.2. The van der Waals surface area contributed by atoms with Crippen molar-refractivity contribution in [1.29, 1.82) is 0 Å². The van der Waals surface area contributed by atoms with Gasteiger partial charge in [0.2, 0.25) is 5.91 Å². The molecule has 1 aliphatic rings. The molecule has 1 heterocycles. The van der Waals surface area contributed by atoms with Gasteiger partial charge < -0.3 is 5.32 Å². The zero-order valence-electron chi connectivity index (χ0n) is 14.7. The van der Waals surface area contributed by atoms with Crippen molar-refractivity contribution >= 4 is 11.7 Å². The van der Waals surface area contributed by atoms with E-state index in [1.807, 2.05) is 30.3 Å². The predicted octanol–water partition coefficient (Wildman–Crippen LogP) is 4.09. The molecule has 4 rings (SSSR count). The fourth-order valence-electron chi connectivity index (χ4n) is 3.33. The third-order valence-corrected chi connectivity index (χ3v) is 4.77. The Balaban J connectivity index is 1.40. The Morgan fingerprint density at radius 1 is 1.11 bits per heavy atom. The zero-order chi connectivity index (χ0) is 19.7. The van der Waals surface area contributed by atoms with E-state index < -0.39 is 23.6 Å². The van der Waals surface area contributed by atoms with Gasteiger partial charge in [-0.2, -0.15) is 13.2 Å². The molecule has 0 radical (unpaired) electrons. The summed E-state index contributed by atoms with van der Waals surface area (Å²) in [5, 5.41) is 10.5. The summed E-state index contributed by atoms with van der Waals surface area (Å²) >= 11 is 0. The lowest BCUT2D eigenvalue weighted by molar-refractivity contribution is -0.138. The summed E-state index contributed by atoms with van der Waals surface area (Å²) in [4.78, 5) is 12.4. The Morgan fingerprint density at radius 2 is 1.82 bits per heavy atom. The average Bonchev–Trinajstić information content (AvgIpc) is 3.36. The van der Waals surface area contributed by atoms with Crippen molar-refractivity contribution in [2.75, 3.05) is 5.32 Å². The number of carbonyl (C=O) groups excluding carboxylic acids is 1. The van der Waals surface area contributed by atoms with Gasteiger partial charge in [0.05, 0.1) is 18.3 Å². The van der Waals surface area contributed by atoms with E-state index in [0.29, 0.717) is 13.0 Å². The van der Waals surface area contributed by atoms with E-state index in [1.165, 1.54) is 12.1 Å². The minimum Gasteiger partial charge on any atom is -0.308 e. The summed E-state index contributed by atoms with van der Waals surface area (Å²) in [6, 6.07) is 15.1. The van der Waals surface area contributed by atoms with Crippen LogP contribution in [0, 0.1) is 5.92 Å². The van der Waals surface area contributed by atoms with Crippen LogP contribution in [0.3, 0.4) is 0 Å². The molecule has 5 nitrogen and oxygen atoms in total. The Morgan fingerprint density at radius 3 is 2.57 bits per heavy atom. The molecule has 3 aromatic rings. The highest BCUT2D eigenvalue weighted by Crippen LogP contribution is 2.51. The second-order valence-electron chi connectivity index (χ2n) is 6.81. The quantitative estimate of drug-likeness (QED) is 0.719. The molecule has 144 valence electrons. The van der Waals surface area contributed by atoms with Crippen LogP contribution in [0.15, 0.2) is 60.8 Å². The zero-order valence-corrected chi connectivity index (χ0v) is 14.7. The number of nitrogens with zero attached hydrogens (tertiary/aromatic N) is 3. The molecule has 8 heteroatoms. The van der Waals surface area contributed by atoms with Crippen LogP contribution in [0.4, 0.5) is 19.0 Å². The van der Waals surface area contributed by atoms with E-state index in [0.717, 1.165) is 11.6 Å². The van der Waals surface area contributed by atoms with E-state index in [9.17, 15) is 18.0 Å². The molecule has 2 aromatic carbocycles. The normalized spacial score (nSPS) is 18.7. The average molecular weight is 386 g/mol. The molecule has 1 aliphatic carbocycles. The SMILES string of the molecule is O=C(Nc1cn(Cc2ccccc2)nn1)[C@@H]1C[C@@H]1c1ccccc1C(F)(F)F. The summed E-state index contributed by atoms with van der Waals surface area (Å²) in [6.07, 6.45) is -2.44. The molecular weight excluding hydrogens is 369 g/mol. The molecule has 0 aliphatic heterocycles. The fourth-order valence-corrected chi connectivity index (χ4v) is 3.33. The third-order valence-electron chi connectivity index (χ3n) is 4.77. The van der Waals surface area contributed by atoms with Crippen molar-refractivity contribution < 1.29 is 18.0 Å². The van der Waals surface area contributed by atoms with E-state index in [4.69, 9.17) is 0 Å². The molecule has 1 fully saturated rings. The van der Waals surface area contributed by atoms with Crippen LogP contribution < -0.4 is 5.32 Å². The van der Waals surface area contributed by atoms with Crippen molar-refractivity contribution in [3.05, 3.63) is 77.5 Å². The van der Waals surface area contributed by atoms with Gasteiger partial charge >= 0.3 is 6.18 Å². The molecule has 0 unspecified atom stereocenters. The monoisotopic (exact) mass is 386 g/mol. The van der Waals surface area contributed by atoms with Crippen LogP contribution in [0.2, 0.25) is 0 Å². The number of alkyl halides is 3. The van der Waals surface area contributed by atoms with Crippen molar-refractivity contribution in [1.82, 2.24) is 15.0 Å². The minimum absolute atomic E-state index is 0.169. The Hall–Kier alpha value is -3.16. The van der Waals surface area contributed by atoms with Crippen molar-refractivity contribution in [3.63, 3.8) is 0 Å². The largest absolute Gasteiger partial charge is 0.416 e. The van der Waals surface area contributed by atoms with Crippen LogP contribution in [0.5, 0.6) is 0 Å². The van der Waals surface area contributed by atoms with Crippen molar-refractivity contribution in [3.8, 4) is 0 Å². The highest BCUT2D eigenvalue weighted by molar-refractivity contribution is 5.94. The first kappa shape index (κ1) is 18.2. The molecule has 1 saturated carbocycles. The molecule has 0 bridgehead atoms. The number of amides is 1. The van der Waals surface area contributed by atoms with Gasteiger partial charge in [0, 0.05) is 5.92 Å². The number of anilines is 1. The van der Waals surface area contributed by atoms with Gasteiger partial charge in [-0.25, -0.2) is 4.68 Å². The standard InChI is InChI=1S/C20H17F3N4O/c21-20(22,23)17-9-5-4-8-14(17)15-10-16(15)19(28)24-18-12-27(26-25-18)11-13-6-2-1-3-7-13/h1-9,12,15-16H,10-11H2,(H,24,28)/t15-,16-/m1/s1. The Kier molecular flexibility index (Phi) is 4.62. The highest BCUT2D eigenvalue weighted by Gasteiger charge is 2.47. The first-order valence-electron chi connectivity index (χ1n) is 8.83. The molecule has 1 N–H and O–H groups in total. The van der Waals surface area contributed by atoms with E-state index in [-0.39, 0.29) is 17.3 Å². The highest BCUT2D eigenvalue weighted by atomic mass is 19.4. The van der Waals surface area contributed by atoms with Crippen LogP contribution >= 0.6 is 0 Å². The van der Waals surface area contributed by atoms with Crippen molar-refractivity contribution in [2.45, 2.75) is 25.1 Å². The van der Waals surface area contributed by atoms with Gasteiger partial charge in [-0.05, 0) is 29.5 Å². The van der Waals surface area contributed by atoms with Crippen molar-refractivity contribution in [2.24, 2.45) is 5.92 Å². The minimum atomic E-state index is -4.43. The number of hydrogen-bond acceptors (Lipinski definition) is 3. The van der Waals surface area contributed by atoms with Crippen LogP contribution in [0.1, 0.15) is 29.0 Å². The van der Waals surface area contributed by atoms with Gasteiger partial charge in [0.15, 0.2) is 5.82 Å². The Bertz CT molecular complexity index is 984. The van der Waals surface area contributed by atoms with Gasteiger partial charge in [-0.15, -0.1) is 5.10 Å². The fraction of sp³-hybridized carbons (Fsp3) is 0.250. The number of aromatic nitrogens is 3. The lowest BCUT2D eigenvalue weighted by Crippen LogP contribution is -2.16. The van der Waals surface area contributed by atoms with Gasteiger partial charge in [0.25, 0.3) is 0 Å². The molecule has 28 heavy (non-hydrogen) atoms. The summed E-state index contributed by atoms with van der Waals surface area (Å²) in [5.74, 6) is -0.982. The molecule has 0 saturated heterocycles. The second kappa shape index (κ2) is 7.10. The van der Waals surface area contributed by atoms with Crippen LogP contribution in [-0.2, 0) is 17.5 Å². The van der Waals surface area contributed by atoms with E-state index in [2.05, 4.69) is 15.6 Å². The van der Waals surface area contributed by atoms with Gasteiger partial charge in [-0.1, -0.05) is 53.7 Å². The number of benzene rings is 2. The summed E-state index contributed by atoms with van der Waals surface area (Å²) in [6.45, 7) is 0.509. The van der Waals surface area contributed by atoms with Crippen LogP contribution in [-0.4, -0.2) is 20.9 Å². The maximum Gasteiger partial charge on any atom is 0.416 e. The maximum atomic E-state index is 13.2. The predicted molar refractivity (Wildman–Crippen MR) is 96.5 cm³/mol. The summed E-state index contributed by atoms with van der Waals surface area (Å²) in [5.41, 5.74) is 0.531. The number of carbonyl (C=O) groups is 1. The molecule has 2 atom stereocenters. The topological polar surface area (TPSA) is 59.8 Å². The number of hydrogen-bond donors (Lipinski definition) is 1. The lowest BCUT2D eigenvalue weighted by atomic mass is 10.0. The van der Waals surface area contributed by atoms with Gasteiger partial charge in [-0.3, -0.25) is 4.79 Å². The number of rotatable bonds is 5. The number of nitrogens with one attached hydrogen (secondary N) is 1. The van der Waals surface area contributed by atoms with Crippen LogP contribution in [0.25, 0.3) is 0 Å². The molecule has 0 spiro atoms. The molecule has 1 amide bonds. The third kappa shape index (κ3) is 3.90. The van der Waals surface area contributed by atoms with E-state index >= 15 is 0 Å². The molecule has 1 aromatic heterocycles. The summed E-state index contributed by atoms with van der Waals surface area (Å²) < 4.78 is 41.1. The smallest absolute Gasteiger partial charge is 0.308 e. The first-order chi connectivity index (χ1) is 13.4. The van der Waals surface area contributed by atoms with E-state index in [1.54, 1.807) is 16.9 Å². The molecular formula is C20H17F3N4O. The summed E-state index contributed by atoms with van der Waals surface area (Å²) in [7, 11) is 0.